The largest absolute Gasteiger partial charge is 0.365 e. The van der Waals surface area contributed by atoms with Gasteiger partial charge in [0.15, 0.2) is 11.6 Å². The number of aromatic nitrogens is 2. The number of rotatable bonds is 6. The summed E-state index contributed by atoms with van der Waals surface area (Å²) >= 11 is 1.50. The lowest BCUT2D eigenvalue weighted by atomic mass is 9.94. The third-order valence-electron chi connectivity index (χ3n) is 7.54. The van der Waals surface area contributed by atoms with E-state index in [2.05, 4.69) is 38.9 Å². The van der Waals surface area contributed by atoms with Crippen molar-refractivity contribution in [1.82, 2.24) is 19.8 Å². The minimum absolute atomic E-state index is 0.0323. The van der Waals surface area contributed by atoms with Gasteiger partial charge in [-0.05, 0) is 43.9 Å². The normalized spacial score (nSPS) is 19.2. The molecule has 7 nitrogen and oxygen atoms in total. The molecule has 1 amide bonds. The Morgan fingerprint density at radius 3 is 2.64 bits per heavy atom. The number of nitrogens with zero attached hydrogens (tertiary/aromatic N) is 5. The first kappa shape index (κ1) is 24.9. The van der Waals surface area contributed by atoms with Gasteiger partial charge in [0.25, 0.3) is 5.91 Å². The van der Waals surface area contributed by atoms with Gasteiger partial charge in [-0.15, -0.1) is 11.3 Å². The Morgan fingerprint density at radius 2 is 1.97 bits per heavy atom. The Bertz CT molecular complexity index is 1250. The molecule has 0 spiro atoms. The molecule has 1 saturated heterocycles. The Balaban J connectivity index is 1.42. The molecule has 1 aliphatic heterocycles. The SMILES string of the molecule is CCN1CCN(c2cnc(Nc3cc4c(C5CCCC5)c(C(=O)N(C)C)sc4cn3)c(F)c2)[C@H](C)C1. The fourth-order valence-electron chi connectivity index (χ4n) is 5.57. The number of likely N-dealkylation sites (N-methyl/N-ethyl adjacent to an activating group) is 1. The Kier molecular flexibility index (Phi) is 7.12. The van der Waals surface area contributed by atoms with E-state index >= 15 is 4.39 Å². The molecule has 36 heavy (non-hydrogen) atoms. The molecule has 1 N–H and O–H groups in total. The molecule has 3 aromatic rings. The monoisotopic (exact) mass is 510 g/mol. The summed E-state index contributed by atoms with van der Waals surface area (Å²) in [4.78, 5) is 29.0. The lowest BCUT2D eigenvalue weighted by molar-refractivity contribution is 0.0831. The van der Waals surface area contributed by atoms with E-state index in [1.165, 1.54) is 24.2 Å². The van der Waals surface area contributed by atoms with Crippen LogP contribution in [0.5, 0.6) is 0 Å². The highest BCUT2D eigenvalue weighted by Crippen LogP contribution is 2.44. The molecule has 0 unspecified atom stereocenters. The number of nitrogens with one attached hydrogen (secondary N) is 1. The van der Waals surface area contributed by atoms with Gasteiger partial charge in [0.2, 0.25) is 0 Å². The molecule has 0 bridgehead atoms. The van der Waals surface area contributed by atoms with Gasteiger partial charge < -0.3 is 15.1 Å². The van der Waals surface area contributed by atoms with Crippen molar-refractivity contribution in [2.24, 2.45) is 0 Å². The van der Waals surface area contributed by atoms with Crippen molar-refractivity contribution in [3.05, 3.63) is 40.8 Å². The maximum atomic E-state index is 15.2. The molecule has 192 valence electrons. The molecule has 2 aliphatic rings. The molecule has 0 aromatic carbocycles. The average Bonchev–Trinajstić information content (AvgIpc) is 3.52. The number of amides is 1. The number of fused-ring (bicyclic) bond motifs is 1. The van der Waals surface area contributed by atoms with Gasteiger partial charge in [-0.3, -0.25) is 9.69 Å². The quantitative estimate of drug-likeness (QED) is 0.475. The van der Waals surface area contributed by atoms with Crippen LogP contribution in [0.25, 0.3) is 10.1 Å². The minimum Gasteiger partial charge on any atom is -0.365 e. The van der Waals surface area contributed by atoms with Crippen molar-refractivity contribution >= 4 is 44.7 Å². The number of piperazine rings is 1. The van der Waals surface area contributed by atoms with E-state index in [-0.39, 0.29) is 11.7 Å². The molecule has 4 heterocycles. The standard InChI is InChI=1S/C27H35FN6OS/c1-5-33-10-11-34(17(2)16-33)19-12-21(28)26(30-14-19)31-23-13-20-22(15-29-23)36-25(27(35)32(3)4)24(20)18-8-6-7-9-18/h12-15,17-18H,5-11,16H2,1-4H3,(H,29,30,31)/t17-/m1/s1. The lowest BCUT2D eigenvalue weighted by Crippen LogP contribution is -2.51. The Hall–Kier alpha value is -2.78. The van der Waals surface area contributed by atoms with E-state index in [0.717, 1.165) is 65.2 Å². The molecule has 3 aromatic heterocycles. The van der Waals surface area contributed by atoms with Crippen LogP contribution in [0.3, 0.4) is 0 Å². The zero-order valence-electron chi connectivity index (χ0n) is 21.6. The van der Waals surface area contributed by atoms with Crippen molar-refractivity contribution in [3.8, 4) is 0 Å². The van der Waals surface area contributed by atoms with Crippen molar-refractivity contribution in [2.45, 2.75) is 51.5 Å². The smallest absolute Gasteiger partial charge is 0.263 e. The van der Waals surface area contributed by atoms with Gasteiger partial charge in [0.05, 0.1) is 21.5 Å². The highest BCUT2D eigenvalue weighted by Gasteiger charge is 2.29. The molecular weight excluding hydrogens is 475 g/mol. The molecule has 1 saturated carbocycles. The summed E-state index contributed by atoms with van der Waals surface area (Å²) in [5.41, 5.74) is 1.93. The summed E-state index contributed by atoms with van der Waals surface area (Å²) in [6.07, 6.45) is 8.07. The predicted octanol–water partition coefficient (Wildman–Crippen LogP) is 5.46. The van der Waals surface area contributed by atoms with Crippen molar-refractivity contribution in [2.75, 3.05) is 50.5 Å². The summed E-state index contributed by atoms with van der Waals surface area (Å²) in [6, 6.07) is 3.82. The van der Waals surface area contributed by atoms with Crippen molar-refractivity contribution < 1.29 is 9.18 Å². The van der Waals surface area contributed by atoms with Gasteiger partial charge in [0, 0.05) is 57.4 Å². The van der Waals surface area contributed by atoms with Gasteiger partial charge >= 0.3 is 0 Å². The number of carbonyl (C=O) groups is 1. The van der Waals surface area contributed by atoms with E-state index in [4.69, 9.17) is 0 Å². The van der Waals surface area contributed by atoms with Gasteiger partial charge in [-0.2, -0.15) is 0 Å². The first-order valence-electron chi connectivity index (χ1n) is 12.9. The predicted molar refractivity (Wildman–Crippen MR) is 145 cm³/mol. The Morgan fingerprint density at radius 1 is 1.19 bits per heavy atom. The number of hydrogen-bond acceptors (Lipinski definition) is 7. The average molecular weight is 511 g/mol. The van der Waals surface area contributed by atoms with Crippen LogP contribution in [0, 0.1) is 5.82 Å². The molecule has 5 rings (SSSR count). The highest BCUT2D eigenvalue weighted by molar-refractivity contribution is 7.21. The van der Waals surface area contributed by atoms with E-state index in [0.29, 0.717) is 17.8 Å². The fourth-order valence-corrected chi connectivity index (χ4v) is 6.83. The van der Waals surface area contributed by atoms with E-state index in [1.807, 2.05) is 6.07 Å². The molecule has 0 radical (unpaired) electrons. The van der Waals surface area contributed by atoms with Crippen molar-refractivity contribution in [1.29, 1.82) is 0 Å². The zero-order chi connectivity index (χ0) is 25.4. The molecule has 2 fully saturated rings. The highest BCUT2D eigenvalue weighted by atomic mass is 32.1. The minimum atomic E-state index is -0.399. The molecule has 9 heteroatoms. The van der Waals surface area contributed by atoms with Crippen molar-refractivity contribution in [3.63, 3.8) is 0 Å². The summed E-state index contributed by atoms with van der Waals surface area (Å²) in [5.74, 6) is 0.701. The number of pyridine rings is 2. The van der Waals surface area contributed by atoms with Crippen LogP contribution in [-0.4, -0.2) is 72.0 Å². The summed E-state index contributed by atoms with van der Waals surface area (Å²) in [6.45, 7) is 8.16. The second kappa shape index (κ2) is 10.3. The molecular formula is C27H35FN6OS. The van der Waals surface area contributed by atoms with Crippen LogP contribution in [0.1, 0.15) is 60.7 Å². The lowest BCUT2D eigenvalue weighted by Gasteiger charge is -2.40. The Labute approximate surface area is 216 Å². The second-order valence-corrected chi connectivity index (χ2v) is 11.2. The van der Waals surface area contributed by atoms with Crippen LogP contribution >= 0.6 is 11.3 Å². The van der Waals surface area contributed by atoms with Crippen LogP contribution in [-0.2, 0) is 0 Å². The van der Waals surface area contributed by atoms with E-state index < -0.39 is 5.82 Å². The summed E-state index contributed by atoms with van der Waals surface area (Å²) < 4.78 is 16.1. The molecule has 1 aliphatic carbocycles. The number of halogens is 1. The third kappa shape index (κ3) is 4.78. The van der Waals surface area contributed by atoms with Gasteiger partial charge in [-0.1, -0.05) is 19.8 Å². The fraction of sp³-hybridized carbons (Fsp3) is 0.519. The van der Waals surface area contributed by atoms with Crippen LogP contribution < -0.4 is 10.2 Å². The topological polar surface area (TPSA) is 64.6 Å². The zero-order valence-corrected chi connectivity index (χ0v) is 22.4. The summed E-state index contributed by atoms with van der Waals surface area (Å²) in [5, 5.41) is 4.12. The number of anilines is 3. The first-order valence-corrected chi connectivity index (χ1v) is 13.7. The number of thiophene rings is 1. The van der Waals surface area contributed by atoms with E-state index in [1.54, 1.807) is 37.5 Å². The van der Waals surface area contributed by atoms with Gasteiger partial charge in [0.1, 0.15) is 5.82 Å². The van der Waals surface area contributed by atoms with Crippen LogP contribution in [0.2, 0.25) is 0 Å². The first-order chi connectivity index (χ1) is 17.4. The maximum absolute atomic E-state index is 15.2. The van der Waals surface area contributed by atoms with Crippen LogP contribution in [0.15, 0.2) is 24.5 Å². The summed E-state index contributed by atoms with van der Waals surface area (Å²) in [7, 11) is 3.58. The number of hydrogen-bond donors (Lipinski definition) is 1. The molecule has 1 atom stereocenters. The number of carbonyl (C=O) groups excluding carboxylic acids is 1. The van der Waals surface area contributed by atoms with E-state index in [9.17, 15) is 4.79 Å². The van der Waals surface area contributed by atoms with Gasteiger partial charge in [-0.25, -0.2) is 14.4 Å². The second-order valence-electron chi connectivity index (χ2n) is 10.2. The maximum Gasteiger partial charge on any atom is 0.263 e. The van der Waals surface area contributed by atoms with Crippen LogP contribution in [0.4, 0.5) is 21.7 Å². The third-order valence-corrected chi connectivity index (χ3v) is 8.69.